The number of carbonyl (C=O) groups excluding carboxylic acids is 1. The molecule has 0 unspecified atom stereocenters. The third-order valence-corrected chi connectivity index (χ3v) is 5.59. The molecule has 1 saturated heterocycles. The molecule has 8 heteroatoms. The van der Waals surface area contributed by atoms with Gasteiger partial charge in [-0.3, -0.25) is 9.69 Å². The average molecular weight is 437 g/mol. The van der Waals surface area contributed by atoms with Gasteiger partial charge in [0.2, 0.25) is 11.7 Å². The zero-order valence-electron chi connectivity index (χ0n) is 18.5. The second-order valence-corrected chi connectivity index (χ2v) is 7.79. The Morgan fingerprint density at radius 3 is 2.66 bits per heavy atom. The molecule has 1 aromatic heterocycles. The molecule has 0 bridgehead atoms. The zero-order chi connectivity index (χ0) is 22.3. The van der Waals surface area contributed by atoms with E-state index in [2.05, 4.69) is 27.2 Å². The first kappa shape index (κ1) is 22.0. The van der Waals surface area contributed by atoms with Gasteiger partial charge in [-0.05, 0) is 17.7 Å². The lowest BCUT2D eigenvalue weighted by atomic mass is 10.1. The van der Waals surface area contributed by atoms with Gasteiger partial charge in [-0.25, -0.2) is 0 Å². The predicted octanol–water partition coefficient (Wildman–Crippen LogP) is 2.78. The Balaban J connectivity index is 1.31. The zero-order valence-corrected chi connectivity index (χ0v) is 18.5. The summed E-state index contributed by atoms with van der Waals surface area (Å²) in [5.41, 5.74) is 3.02. The highest BCUT2D eigenvalue weighted by Crippen LogP contribution is 2.21. The number of amides is 1. The molecule has 1 aliphatic rings. The van der Waals surface area contributed by atoms with Gasteiger partial charge in [-0.2, -0.15) is 4.98 Å². The summed E-state index contributed by atoms with van der Waals surface area (Å²) in [5, 5.41) is 4.04. The summed E-state index contributed by atoms with van der Waals surface area (Å²) >= 11 is 0. The normalized spacial score (nSPS) is 14.5. The molecule has 1 aliphatic heterocycles. The minimum Gasteiger partial charge on any atom is -0.496 e. The maximum atomic E-state index is 12.8. The number of aromatic nitrogens is 2. The van der Waals surface area contributed by atoms with Crippen LogP contribution in [0.15, 0.2) is 53.1 Å². The van der Waals surface area contributed by atoms with E-state index in [9.17, 15) is 4.79 Å². The molecule has 1 fully saturated rings. The Morgan fingerprint density at radius 1 is 1.06 bits per heavy atom. The van der Waals surface area contributed by atoms with Crippen LogP contribution in [0.4, 0.5) is 0 Å². The van der Waals surface area contributed by atoms with Gasteiger partial charge in [0, 0.05) is 51.0 Å². The summed E-state index contributed by atoms with van der Waals surface area (Å²) in [6, 6.07) is 15.8. The fraction of sp³-hybridized carbons (Fsp3) is 0.375. The molecule has 3 aromatic rings. The van der Waals surface area contributed by atoms with E-state index in [1.165, 1.54) is 5.56 Å². The number of hydrogen-bond donors (Lipinski definition) is 0. The Morgan fingerprint density at radius 2 is 1.88 bits per heavy atom. The summed E-state index contributed by atoms with van der Waals surface area (Å²) in [6.07, 6.45) is 0.363. The minimum atomic E-state index is 0.139. The summed E-state index contributed by atoms with van der Waals surface area (Å²) in [7, 11) is 3.23. The third-order valence-electron chi connectivity index (χ3n) is 5.59. The largest absolute Gasteiger partial charge is 0.496 e. The van der Waals surface area contributed by atoms with Crippen LogP contribution in [0, 0.1) is 0 Å². The molecule has 0 spiro atoms. The monoisotopic (exact) mass is 436 g/mol. The quantitative estimate of drug-likeness (QED) is 0.537. The average Bonchev–Trinajstić information content (AvgIpc) is 3.29. The van der Waals surface area contributed by atoms with Crippen molar-refractivity contribution in [1.82, 2.24) is 19.9 Å². The van der Waals surface area contributed by atoms with Crippen LogP contribution in [0.1, 0.15) is 17.0 Å². The van der Waals surface area contributed by atoms with Crippen LogP contribution in [-0.2, 0) is 29.1 Å². The summed E-state index contributed by atoms with van der Waals surface area (Å²) in [5.74, 6) is 1.92. The van der Waals surface area contributed by atoms with E-state index in [-0.39, 0.29) is 5.91 Å². The second-order valence-electron chi connectivity index (χ2n) is 7.79. The van der Waals surface area contributed by atoms with Gasteiger partial charge in [0.1, 0.15) is 12.4 Å². The van der Waals surface area contributed by atoms with Crippen LogP contribution in [0.25, 0.3) is 11.4 Å². The Kier molecular flexibility index (Phi) is 7.14. The van der Waals surface area contributed by atoms with Crippen LogP contribution in [-0.4, -0.2) is 66.2 Å². The van der Waals surface area contributed by atoms with Crippen molar-refractivity contribution in [2.24, 2.45) is 0 Å². The summed E-state index contributed by atoms with van der Waals surface area (Å²) in [4.78, 5) is 21.4. The Labute approximate surface area is 187 Å². The van der Waals surface area contributed by atoms with Crippen molar-refractivity contribution in [3.8, 4) is 17.1 Å². The van der Waals surface area contributed by atoms with Crippen LogP contribution < -0.4 is 4.74 Å². The SMILES string of the molecule is COCc1nc(-c2cccc(CN3CCN(C(=O)Cc4ccccc4OC)CC3)c2)no1. The summed E-state index contributed by atoms with van der Waals surface area (Å²) in [6.45, 7) is 4.22. The number of ether oxygens (including phenoxy) is 2. The number of carbonyl (C=O) groups is 1. The lowest BCUT2D eigenvalue weighted by Crippen LogP contribution is -2.48. The molecule has 168 valence electrons. The molecule has 32 heavy (non-hydrogen) atoms. The van der Waals surface area contributed by atoms with E-state index >= 15 is 0 Å². The highest BCUT2D eigenvalue weighted by Gasteiger charge is 2.22. The van der Waals surface area contributed by atoms with Gasteiger partial charge in [0.05, 0.1) is 13.5 Å². The molecule has 8 nitrogen and oxygen atoms in total. The molecular weight excluding hydrogens is 408 g/mol. The predicted molar refractivity (Wildman–Crippen MR) is 119 cm³/mol. The van der Waals surface area contributed by atoms with E-state index in [1.54, 1.807) is 14.2 Å². The smallest absolute Gasteiger partial charge is 0.252 e. The van der Waals surface area contributed by atoms with E-state index in [1.807, 2.05) is 41.3 Å². The fourth-order valence-corrected chi connectivity index (χ4v) is 3.90. The van der Waals surface area contributed by atoms with Gasteiger partial charge in [-0.1, -0.05) is 41.6 Å². The number of benzene rings is 2. The van der Waals surface area contributed by atoms with E-state index in [0.717, 1.165) is 49.6 Å². The van der Waals surface area contributed by atoms with Gasteiger partial charge in [-0.15, -0.1) is 0 Å². The number of methoxy groups -OCH3 is 2. The molecule has 0 N–H and O–H groups in total. The lowest BCUT2D eigenvalue weighted by molar-refractivity contribution is -0.132. The number of nitrogens with zero attached hydrogens (tertiary/aromatic N) is 4. The standard InChI is InChI=1S/C24H28N4O4/c1-30-17-22-25-24(26-32-22)20-8-5-6-18(14-20)16-27-10-12-28(13-11-27)23(29)15-19-7-3-4-9-21(19)31-2/h3-9,14H,10-13,15-17H2,1-2H3. The highest BCUT2D eigenvalue weighted by molar-refractivity contribution is 5.79. The molecule has 1 amide bonds. The van der Waals surface area contributed by atoms with Gasteiger partial charge >= 0.3 is 0 Å². The van der Waals surface area contributed by atoms with E-state index in [4.69, 9.17) is 14.0 Å². The van der Waals surface area contributed by atoms with Crippen LogP contribution in [0.2, 0.25) is 0 Å². The number of hydrogen-bond acceptors (Lipinski definition) is 7. The van der Waals surface area contributed by atoms with Crippen molar-refractivity contribution in [1.29, 1.82) is 0 Å². The maximum Gasteiger partial charge on any atom is 0.252 e. The van der Waals surface area contributed by atoms with Gasteiger partial charge in [0.25, 0.3) is 5.89 Å². The molecule has 0 radical (unpaired) electrons. The third kappa shape index (κ3) is 5.33. The molecule has 4 rings (SSSR count). The molecule has 2 aromatic carbocycles. The van der Waals surface area contributed by atoms with Crippen molar-refractivity contribution in [2.45, 2.75) is 19.6 Å². The van der Waals surface area contributed by atoms with Crippen molar-refractivity contribution >= 4 is 5.91 Å². The van der Waals surface area contributed by atoms with Gasteiger partial charge < -0.3 is 18.9 Å². The second kappa shape index (κ2) is 10.4. The topological polar surface area (TPSA) is 80.9 Å². The molecule has 2 heterocycles. The lowest BCUT2D eigenvalue weighted by Gasteiger charge is -2.35. The molecule has 0 saturated carbocycles. The Hall–Kier alpha value is -3.23. The van der Waals surface area contributed by atoms with Gasteiger partial charge in [0.15, 0.2) is 0 Å². The van der Waals surface area contributed by atoms with Crippen molar-refractivity contribution < 1.29 is 18.8 Å². The highest BCUT2D eigenvalue weighted by atomic mass is 16.5. The maximum absolute atomic E-state index is 12.8. The van der Waals surface area contributed by atoms with Crippen LogP contribution in [0.3, 0.4) is 0 Å². The van der Waals surface area contributed by atoms with Crippen molar-refractivity contribution in [3.05, 3.63) is 65.5 Å². The molecule has 0 atom stereocenters. The fourth-order valence-electron chi connectivity index (χ4n) is 3.90. The number of rotatable bonds is 8. The van der Waals surface area contributed by atoms with Crippen LogP contribution in [0.5, 0.6) is 5.75 Å². The first-order chi connectivity index (χ1) is 15.7. The van der Waals surface area contributed by atoms with Crippen LogP contribution >= 0.6 is 0 Å². The first-order valence-electron chi connectivity index (χ1n) is 10.7. The first-order valence-corrected chi connectivity index (χ1v) is 10.7. The van der Waals surface area contributed by atoms with E-state index < -0.39 is 0 Å². The van der Waals surface area contributed by atoms with E-state index in [0.29, 0.717) is 24.7 Å². The molecular formula is C24H28N4O4. The van der Waals surface area contributed by atoms with Crippen molar-refractivity contribution in [2.75, 3.05) is 40.4 Å². The number of para-hydroxylation sites is 1. The summed E-state index contributed by atoms with van der Waals surface area (Å²) < 4.78 is 15.6. The Bertz CT molecular complexity index is 1040. The molecule has 0 aliphatic carbocycles. The minimum absolute atomic E-state index is 0.139. The van der Waals surface area contributed by atoms with Crippen molar-refractivity contribution in [3.63, 3.8) is 0 Å². The number of piperazine rings is 1.